The summed E-state index contributed by atoms with van der Waals surface area (Å²) >= 11 is 1.66. The number of aliphatic hydroxyl groups excluding tert-OH is 1. The molecule has 0 aromatic carbocycles. The molecular formula is C19H22N2O2S. The van der Waals surface area contributed by atoms with Crippen LogP contribution in [0.4, 0.5) is 0 Å². The molecule has 5 heteroatoms. The predicted molar refractivity (Wildman–Crippen MR) is 96.0 cm³/mol. The molecule has 1 N–H and O–H groups in total. The van der Waals surface area contributed by atoms with Crippen LogP contribution in [0.15, 0.2) is 41.8 Å². The molecule has 3 rings (SSSR count). The van der Waals surface area contributed by atoms with Gasteiger partial charge in [0.2, 0.25) is 0 Å². The van der Waals surface area contributed by atoms with E-state index in [2.05, 4.69) is 11.1 Å². The average Bonchev–Trinajstić information content (AvgIpc) is 3.22. The summed E-state index contributed by atoms with van der Waals surface area (Å²) in [4.78, 5) is 20.6. The van der Waals surface area contributed by atoms with Crippen LogP contribution in [0.1, 0.15) is 33.0 Å². The fourth-order valence-electron chi connectivity index (χ4n) is 3.15. The number of carbonyl (C=O) groups excluding carboxylic acids is 1. The van der Waals surface area contributed by atoms with E-state index in [0.717, 1.165) is 22.7 Å². The maximum absolute atomic E-state index is 13.2. The van der Waals surface area contributed by atoms with Gasteiger partial charge in [0.25, 0.3) is 5.91 Å². The van der Waals surface area contributed by atoms with Gasteiger partial charge < -0.3 is 10.0 Å². The van der Waals surface area contributed by atoms with E-state index in [-0.39, 0.29) is 24.5 Å². The van der Waals surface area contributed by atoms with Gasteiger partial charge in [0.15, 0.2) is 0 Å². The van der Waals surface area contributed by atoms with Gasteiger partial charge in [-0.05, 0) is 43.8 Å². The molecule has 0 spiro atoms. The molecule has 2 aromatic heterocycles. The van der Waals surface area contributed by atoms with Crippen molar-refractivity contribution in [2.45, 2.75) is 32.9 Å². The van der Waals surface area contributed by atoms with Gasteiger partial charge in [-0.15, -0.1) is 11.3 Å². The van der Waals surface area contributed by atoms with Crippen LogP contribution in [0.25, 0.3) is 0 Å². The van der Waals surface area contributed by atoms with Crippen molar-refractivity contribution in [1.29, 1.82) is 0 Å². The number of aromatic nitrogens is 1. The summed E-state index contributed by atoms with van der Waals surface area (Å²) < 4.78 is 0. The average molecular weight is 342 g/mol. The molecule has 0 aliphatic heterocycles. The lowest BCUT2D eigenvalue weighted by atomic mass is 10.1. The van der Waals surface area contributed by atoms with Crippen LogP contribution >= 0.6 is 11.3 Å². The lowest BCUT2D eigenvalue weighted by molar-refractivity contribution is 0.0686. The number of aliphatic hydroxyl groups is 1. The lowest BCUT2D eigenvalue weighted by Crippen LogP contribution is -2.38. The van der Waals surface area contributed by atoms with Gasteiger partial charge in [-0.25, -0.2) is 0 Å². The van der Waals surface area contributed by atoms with E-state index in [1.807, 2.05) is 54.5 Å². The maximum atomic E-state index is 13.2. The van der Waals surface area contributed by atoms with Gasteiger partial charge in [0.05, 0.1) is 12.6 Å². The number of nitrogens with zero attached hydrogens (tertiary/aromatic N) is 2. The van der Waals surface area contributed by atoms with Crippen molar-refractivity contribution < 1.29 is 9.90 Å². The van der Waals surface area contributed by atoms with E-state index in [9.17, 15) is 9.90 Å². The molecule has 2 aromatic rings. The first-order chi connectivity index (χ1) is 11.6. The summed E-state index contributed by atoms with van der Waals surface area (Å²) in [6.45, 7) is 4.53. The first-order valence-corrected chi connectivity index (χ1v) is 9.02. The monoisotopic (exact) mass is 342 g/mol. The Hall–Kier alpha value is -1.98. The van der Waals surface area contributed by atoms with Gasteiger partial charge in [-0.1, -0.05) is 18.2 Å². The molecule has 0 bridgehead atoms. The lowest BCUT2D eigenvalue weighted by Gasteiger charge is -2.28. The third kappa shape index (κ3) is 3.74. The second kappa shape index (κ2) is 7.28. The van der Waals surface area contributed by atoms with Crippen molar-refractivity contribution >= 4 is 17.2 Å². The zero-order chi connectivity index (χ0) is 17.1. The van der Waals surface area contributed by atoms with E-state index in [1.165, 1.54) is 0 Å². The summed E-state index contributed by atoms with van der Waals surface area (Å²) in [6, 6.07) is 7.77. The van der Waals surface area contributed by atoms with Crippen molar-refractivity contribution in [2.75, 3.05) is 6.61 Å². The number of hydrogen-bond donors (Lipinski definition) is 1. The van der Waals surface area contributed by atoms with E-state index in [0.29, 0.717) is 12.1 Å². The smallest absolute Gasteiger partial charge is 0.254 e. The molecule has 1 amide bonds. The van der Waals surface area contributed by atoms with E-state index < -0.39 is 0 Å². The minimum atomic E-state index is 0.0187. The topological polar surface area (TPSA) is 53.4 Å². The molecule has 126 valence electrons. The molecule has 0 radical (unpaired) electrons. The van der Waals surface area contributed by atoms with Gasteiger partial charge in [0, 0.05) is 34.4 Å². The Balaban J connectivity index is 1.88. The summed E-state index contributed by atoms with van der Waals surface area (Å²) in [7, 11) is 0. The minimum absolute atomic E-state index is 0.0187. The summed E-state index contributed by atoms with van der Waals surface area (Å²) in [6.07, 6.45) is 4.84. The molecule has 4 nitrogen and oxygen atoms in total. The molecule has 2 atom stereocenters. The van der Waals surface area contributed by atoms with E-state index in [4.69, 9.17) is 0 Å². The first kappa shape index (κ1) is 16.9. The normalized spacial score (nSPS) is 19.6. The second-order valence-corrected chi connectivity index (χ2v) is 7.31. The van der Waals surface area contributed by atoms with Crippen molar-refractivity contribution in [3.63, 3.8) is 0 Å². The largest absolute Gasteiger partial charge is 0.396 e. The van der Waals surface area contributed by atoms with Crippen LogP contribution in [0.2, 0.25) is 0 Å². The Labute approximate surface area is 146 Å². The number of thiophene rings is 1. The fraction of sp³-hybridized carbons (Fsp3) is 0.368. The second-order valence-electron chi connectivity index (χ2n) is 6.28. The molecule has 0 unspecified atom stereocenters. The highest BCUT2D eigenvalue weighted by Gasteiger charge is 2.29. The Morgan fingerprint density at radius 2 is 2.08 bits per heavy atom. The van der Waals surface area contributed by atoms with Crippen LogP contribution in [-0.4, -0.2) is 33.5 Å². The summed E-state index contributed by atoms with van der Waals surface area (Å²) in [5, 5.41) is 11.4. The van der Waals surface area contributed by atoms with E-state index in [1.54, 1.807) is 11.3 Å². The Morgan fingerprint density at radius 3 is 2.67 bits per heavy atom. The van der Waals surface area contributed by atoms with Crippen LogP contribution in [0, 0.1) is 19.8 Å². The molecule has 0 saturated carbocycles. The van der Waals surface area contributed by atoms with Gasteiger partial charge in [-0.3, -0.25) is 9.78 Å². The number of aryl methyl sites for hydroxylation is 2. The third-order valence-corrected chi connectivity index (χ3v) is 5.14. The van der Waals surface area contributed by atoms with Crippen LogP contribution < -0.4 is 0 Å². The first-order valence-electron chi connectivity index (χ1n) is 8.14. The minimum Gasteiger partial charge on any atom is -0.396 e. The highest BCUT2D eigenvalue weighted by molar-refractivity contribution is 7.09. The zero-order valence-corrected chi connectivity index (χ0v) is 14.8. The van der Waals surface area contributed by atoms with Crippen molar-refractivity contribution in [1.82, 2.24) is 9.88 Å². The summed E-state index contributed by atoms with van der Waals surface area (Å²) in [5.41, 5.74) is 2.38. The zero-order valence-electron chi connectivity index (χ0n) is 14.0. The molecule has 1 aliphatic rings. The van der Waals surface area contributed by atoms with E-state index >= 15 is 0 Å². The maximum Gasteiger partial charge on any atom is 0.254 e. The number of pyridine rings is 1. The molecule has 0 fully saturated rings. The summed E-state index contributed by atoms with van der Waals surface area (Å²) in [5.74, 6) is 0.153. The molecule has 1 aliphatic carbocycles. The number of amides is 1. The fourth-order valence-corrected chi connectivity index (χ4v) is 3.86. The predicted octanol–water partition coefficient (Wildman–Crippen LogP) is 3.34. The van der Waals surface area contributed by atoms with Crippen LogP contribution in [-0.2, 0) is 6.54 Å². The van der Waals surface area contributed by atoms with Crippen LogP contribution in [0.3, 0.4) is 0 Å². The van der Waals surface area contributed by atoms with Gasteiger partial charge >= 0.3 is 0 Å². The molecular weight excluding hydrogens is 320 g/mol. The molecule has 0 saturated heterocycles. The standard InChI is InChI=1S/C19H22N2O2S/c1-13-8-16(9-14(2)20-13)19(23)21(11-18-4-3-7-24-18)17-6-5-15(10-17)12-22/h3-9,15,17,22H,10-12H2,1-2H3/t15-,17+/m0/s1. The van der Waals surface area contributed by atoms with Crippen molar-refractivity contribution in [3.8, 4) is 0 Å². The highest BCUT2D eigenvalue weighted by atomic mass is 32.1. The molecule has 2 heterocycles. The van der Waals surface area contributed by atoms with Crippen molar-refractivity contribution in [3.05, 3.63) is 63.6 Å². The number of rotatable bonds is 5. The Morgan fingerprint density at radius 1 is 1.33 bits per heavy atom. The van der Waals surface area contributed by atoms with Gasteiger partial charge in [-0.2, -0.15) is 0 Å². The Bertz CT molecular complexity index is 720. The van der Waals surface area contributed by atoms with Crippen LogP contribution in [0.5, 0.6) is 0 Å². The number of carbonyl (C=O) groups is 1. The number of hydrogen-bond acceptors (Lipinski definition) is 4. The Kier molecular flexibility index (Phi) is 5.11. The molecule has 24 heavy (non-hydrogen) atoms. The SMILES string of the molecule is Cc1cc(C(=O)N(Cc2cccs2)[C@@H]2C=C[C@H](CO)C2)cc(C)n1. The van der Waals surface area contributed by atoms with Gasteiger partial charge in [0.1, 0.15) is 0 Å². The highest BCUT2D eigenvalue weighted by Crippen LogP contribution is 2.26. The quantitative estimate of drug-likeness (QED) is 0.848. The van der Waals surface area contributed by atoms with Crippen molar-refractivity contribution in [2.24, 2.45) is 5.92 Å². The third-order valence-electron chi connectivity index (χ3n) is 4.28.